The zero-order valence-electron chi connectivity index (χ0n) is 15.2. The molecule has 0 spiro atoms. The van der Waals surface area contributed by atoms with E-state index in [4.69, 9.17) is 9.47 Å². The first-order valence-corrected chi connectivity index (χ1v) is 8.17. The van der Waals surface area contributed by atoms with Crippen LogP contribution in [-0.4, -0.2) is 43.7 Å². The number of rotatable bonds is 10. The van der Waals surface area contributed by atoms with Crippen LogP contribution in [0, 0.1) is 15.9 Å². The van der Waals surface area contributed by atoms with Crippen LogP contribution in [0.5, 0.6) is 17.2 Å². The van der Waals surface area contributed by atoms with Crippen molar-refractivity contribution in [1.29, 1.82) is 0 Å². The fourth-order valence-corrected chi connectivity index (χ4v) is 2.48. The second-order valence-corrected chi connectivity index (χ2v) is 5.78. The van der Waals surface area contributed by atoms with Gasteiger partial charge in [0.05, 0.1) is 18.1 Å². The monoisotopic (exact) mass is 400 g/mol. The molecule has 0 aliphatic carbocycles. The number of halogens is 3. The van der Waals surface area contributed by atoms with Crippen molar-refractivity contribution in [1.82, 2.24) is 4.90 Å². The summed E-state index contributed by atoms with van der Waals surface area (Å²) in [7, 11) is 2.93. The lowest BCUT2D eigenvalue weighted by atomic mass is 10.1. The van der Waals surface area contributed by atoms with Crippen LogP contribution in [0.4, 0.5) is 18.9 Å². The minimum atomic E-state index is -3.14. The van der Waals surface area contributed by atoms with E-state index in [9.17, 15) is 23.3 Å². The predicted molar refractivity (Wildman–Crippen MR) is 94.5 cm³/mol. The van der Waals surface area contributed by atoms with E-state index >= 15 is 0 Å². The van der Waals surface area contributed by atoms with E-state index in [1.165, 1.54) is 25.3 Å². The molecule has 0 aliphatic heterocycles. The van der Waals surface area contributed by atoms with E-state index in [1.807, 2.05) is 0 Å². The Balaban J connectivity index is 2.08. The first kappa shape index (κ1) is 21.3. The fourth-order valence-electron chi connectivity index (χ4n) is 2.48. The number of methoxy groups -OCH3 is 1. The first-order valence-electron chi connectivity index (χ1n) is 8.17. The summed E-state index contributed by atoms with van der Waals surface area (Å²) in [6.45, 7) is -2.54. The molecule has 0 fully saturated rings. The molecule has 152 valence electrons. The van der Waals surface area contributed by atoms with Crippen LogP contribution in [-0.2, 0) is 6.54 Å². The van der Waals surface area contributed by atoms with Gasteiger partial charge in [-0.1, -0.05) is 12.1 Å². The van der Waals surface area contributed by atoms with Gasteiger partial charge in [-0.15, -0.1) is 0 Å². The molecule has 10 heteroatoms. The minimum Gasteiger partial charge on any atom is -0.493 e. The molecule has 0 amide bonds. The summed E-state index contributed by atoms with van der Waals surface area (Å²) >= 11 is 0. The molecule has 2 aromatic carbocycles. The summed E-state index contributed by atoms with van der Waals surface area (Å²) in [4.78, 5) is 12.3. The van der Waals surface area contributed by atoms with Crippen LogP contribution in [0.15, 0.2) is 36.4 Å². The molecule has 2 aromatic rings. The summed E-state index contributed by atoms with van der Waals surface area (Å²) in [6.07, 6.45) is 0. The Morgan fingerprint density at radius 3 is 2.50 bits per heavy atom. The molecule has 0 saturated heterocycles. The Morgan fingerprint density at radius 1 is 1.18 bits per heavy atom. The molecule has 0 saturated carbocycles. The van der Waals surface area contributed by atoms with Crippen molar-refractivity contribution >= 4 is 5.69 Å². The van der Waals surface area contributed by atoms with Crippen molar-refractivity contribution in [3.8, 4) is 17.2 Å². The van der Waals surface area contributed by atoms with Crippen LogP contribution in [0.2, 0.25) is 0 Å². The lowest BCUT2D eigenvalue weighted by molar-refractivity contribution is -0.385. The second-order valence-electron chi connectivity index (χ2n) is 5.78. The zero-order chi connectivity index (χ0) is 20.7. The van der Waals surface area contributed by atoms with Crippen LogP contribution in [0.1, 0.15) is 5.56 Å². The third-order valence-electron chi connectivity index (χ3n) is 3.79. The Hall–Kier alpha value is -3.01. The number of hydrogen-bond donors (Lipinski definition) is 0. The maximum absolute atomic E-state index is 13.5. The molecule has 2 rings (SSSR count). The maximum Gasteiger partial charge on any atom is 0.387 e. The number of hydrogen-bond acceptors (Lipinski definition) is 6. The number of ether oxygens (including phenoxy) is 3. The highest BCUT2D eigenvalue weighted by molar-refractivity contribution is 5.54. The molecule has 0 aromatic heterocycles. The molecule has 0 bridgehead atoms. The summed E-state index contributed by atoms with van der Waals surface area (Å²) in [5.74, 6) is -0.840. The van der Waals surface area contributed by atoms with E-state index in [0.717, 1.165) is 6.07 Å². The number of nitrogens with zero attached hydrogens (tertiary/aromatic N) is 2. The number of nitro benzene ring substituents is 1. The van der Waals surface area contributed by atoms with E-state index in [2.05, 4.69) is 4.74 Å². The minimum absolute atomic E-state index is 0.0445. The van der Waals surface area contributed by atoms with Gasteiger partial charge in [0.1, 0.15) is 6.61 Å². The zero-order valence-corrected chi connectivity index (χ0v) is 15.2. The summed E-state index contributed by atoms with van der Waals surface area (Å²) in [5.41, 5.74) is -0.129. The third kappa shape index (κ3) is 5.74. The van der Waals surface area contributed by atoms with Gasteiger partial charge in [0.2, 0.25) is 0 Å². The van der Waals surface area contributed by atoms with Gasteiger partial charge < -0.3 is 14.2 Å². The van der Waals surface area contributed by atoms with Crippen molar-refractivity contribution < 1.29 is 32.3 Å². The van der Waals surface area contributed by atoms with Gasteiger partial charge in [-0.05, 0) is 25.2 Å². The smallest absolute Gasteiger partial charge is 0.387 e. The summed E-state index contributed by atoms with van der Waals surface area (Å²) in [6, 6.07) is 8.14. The summed E-state index contributed by atoms with van der Waals surface area (Å²) in [5, 5.41) is 11.3. The normalized spacial score (nSPS) is 11.0. The SMILES string of the molecule is COc1cc(CN(C)CCOc2ccccc2F)c([N+](=O)[O-])cc1OC(F)F. The standard InChI is InChI=1S/C18H19F3N2O5/c1-22(7-8-27-15-6-4-3-5-13(15)19)11-12-9-16(26-2)17(28-18(20)21)10-14(12)23(24)25/h3-6,9-10,18H,7-8,11H2,1-2H3. The average Bonchev–Trinajstić information content (AvgIpc) is 2.63. The Kier molecular flexibility index (Phi) is 7.44. The van der Waals surface area contributed by atoms with Crippen LogP contribution >= 0.6 is 0 Å². The van der Waals surface area contributed by atoms with Crippen LogP contribution in [0.25, 0.3) is 0 Å². The predicted octanol–water partition coefficient (Wildman–Crippen LogP) is 3.85. The highest BCUT2D eigenvalue weighted by atomic mass is 19.3. The molecule has 28 heavy (non-hydrogen) atoms. The van der Waals surface area contributed by atoms with Crippen molar-refractivity contribution in [2.24, 2.45) is 0 Å². The van der Waals surface area contributed by atoms with Gasteiger partial charge in [-0.3, -0.25) is 15.0 Å². The van der Waals surface area contributed by atoms with Crippen molar-refractivity contribution in [3.63, 3.8) is 0 Å². The van der Waals surface area contributed by atoms with Crippen LogP contribution in [0.3, 0.4) is 0 Å². The average molecular weight is 400 g/mol. The number of likely N-dealkylation sites (N-methyl/N-ethyl adjacent to an activating group) is 1. The first-order chi connectivity index (χ1) is 13.3. The molecule has 7 nitrogen and oxygen atoms in total. The molecule has 0 aliphatic rings. The molecule has 0 atom stereocenters. The van der Waals surface area contributed by atoms with Gasteiger partial charge >= 0.3 is 6.61 Å². The topological polar surface area (TPSA) is 74.1 Å². The van der Waals surface area contributed by atoms with Crippen molar-refractivity contribution in [2.75, 3.05) is 27.3 Å². The van der Waals surface area contributed by atoms with E-state index in [-0.39, 0.29) is 35.9 Å². The molecule has 0 radical (unpaired) electrons. The van der Waals surface area contributed by atoms with Gasteiger partial charge in [-0.2, -0.15) is 8.78 Å². The lowest BCUT2D eigenvalue weighted by Gasteiger charge is -2.18. The second kappa shape index (κ2) is 9.79. The summed E-state index contributed by atoms with van der Waals surface area (Å²) < 4.78 is 53.1. The highest BCUT2D eigenvalue weighted by Crippen LogP contribution is 2.36. The Morgan fingerprint density at radius 2 is 1.89 bits per heavy atom. The van der Waals surface area contributed by atoms with Gasteiger partial charge in [0, 0.05) is 18.7 Å². The number of nitro groups is 1. The lowest BCUT2D eigenvalue weighted by Crippen LogP contribution is -2.24. The molecular weight excluding hydrogens is 381 g/mol. The Labute approximate surface area is 159 Å². The van der Waals surface area contributed by atoms with Gasteiger partial charge in [0.15, 0.2) is 23.1 Å². The molecular formula is C18H19F3N2O5. The van der Waals surface area contributed by atoms with Crippen LogP contribution < -0.4 is 14.2 Å². The molecule has 0 N–H and O–H groups in total. The fraction of sp³-hybridized carbons (Fsp3) is 0.333. The van der Waals surface area contributed by atoms with Gasteiger partial charge in [0.25, 0.3) is 5.69 Å². The van der Waals surface area contributed by atoms with E-state index < -0.39 is 23.1 Å². The van der Waals surface area contributed by atoms with Crippen molar-refractivity contribution in [3.05, 3.63) is 57.9 Å². The Bertz CT molecular complexity index is 820. The maximum atomic E-state index is 13.5. The quantitative estimate of drug-likeness (QED) is 0.446. The molecule has 0 unspecified atom stereocenters. The van der Waals surface area contributed by atoms with E-state index in [1.54, 1.807) is 24.1 Å². The van der Waals surface area contributed by atoms with E-state index in [0.29, 0.717) is 6.54 Å². The van der Waals surface area contributed by atoms with Crippen molar-refractivity contribution in [2.45, 2.75) is 13.2 Å². The largest absolute Gasteiger partial charge is 0.493 e. The number of para-hydroxylation sites is 1. The van der Waals surface area contributed by atoms with Gasteiger partial charge in [-0.25, -0.2) is 4.39 Å². The molecule has 0 heterocycles. The number of alkyl halides is 2. The third-order valence-corrected chi connectivity index (χ3v) is 3.79. The number of benzene rings is 2. The highest BCUT2D eigenvalue weighted by Gasteiger charge is 2.22.